The molecule has 3 heterocycles. The summed E-state index contributed by atoms with van der Waals surface area (Å²) in [5.74, 6) is -0.0819. The Kier molecular flexibility index (Phi) is 3.84. The standard InChI is InChI=1S/C16H18N4O4S/c21-14-3-5-15(6-4-14)25(23,24)20-12-1-2-13(20)10-19(9-12)16(22)11-7-17-18-8-11/h3-7,12-13,21H,1-2,8-10H2. The van der Waals surface area contributed by atoms with E-state index >= 15 is 0 Å². The van der Waals surface area contributed by atoms with Crippen molar-refractivity contribution in [2.75, 3.05) is 19.6 Å². The fraction of sp³-hybridized carbons (Fsp3) is 0.438. The lowest BCUT2D eigenvalue weighted by molar-refractivity contribution is -0.129. The smallest absolute Gasteiger partial charge is 0.253 e. The van der Waals surface area contributed by atoms with E-state index in [-0.39, 0.29) is 28.6 Å². The third kappa shape index (κ3) is 2.73. The van der Waals surface area contributed by atoms with Gasteiger partial charge in [0, 0.05) is 25.2 Å². The normalized spacial score (nSPS) is 26.1. The summed E-state index contributed by atoms with van der Waals surface area (Å²) in [6, 6.07) is 5.11. The van der Waals surface area contributed by atoms with E-state index in [0.717, 1.165) is 12.8 Å². The molecule has 0 saturated carbocycles. The molecule has 25 heavy (non-hydrogen) atoms. The first-order chi connectivity index (χ1) is 12.0. The largest absolute Gasteiger partial charge is 0.508 e. The Bertz CT molecular complexity index is 849. The molecule has 3 aliphatic rings. The predicted octanol–water partition coefficient (Wildman–Crippen LogP) is 1.11. The summed E-state index contributed by atoms with van der Waals surface area (Å²) in [5, 5.41) is 16.9. The number of likely N-dealkylation sites (tertiary alicyclic amines) is 1. The lowest BCUT2D eigenvalue weighted by atomic mass is 10.2. The van der Waals surface area contributed by atoms with Gasteiger partial charge in [0.2, 0.25) is 10.0 Å². The maximum Gasteiger partial charge on any atom is 0.253 e. The second kappa shape index (κ2) is 5.92. The van der Waals surface area contributed by atoms with Crippen LogP contribution in [0.5, 0.6) is 5.75 Å². The number of aromatic hydroxyl groups is 1. The van der Waals surface area contributed by atoms with Crippen molar-refractivity contribution in [1.29, 1.82) is 0 Å². The van der Waals surface area contributed by atoms with Crippen molar-refractivity contribution in [3.63, 3.8) is 0 Å². The molecule has 2 bridgehead atoms. The Labute approximate surface area is 145 Å². The highest BCUT2D eigenvalue weighted by Gasteiger charge is 2.47. The Morgan fingerprint density at radius 1 is 1.12 bits per heavy atom. The summed E-state index contributed by atoms with van der Waals surface area (Å²) < 4.78 is 27.5. The van der Waals surface area contributed by atoms with Gasteiger partial charge in [-0.25, -0.2) is 8.42 Å². The minimum Gasteiger partial charge on any atom is -0.508 e. The van der Waals surface area contributed by atoms with Gasteiger partial charge in [-0.05, 0) is 37.1 Å². The zero-order valence-electron chi connectivity index (χ0n) is 13.4. The highest BCUT2D eigenvalue weighted by Crippen LogP contribution is 2.36. The van der Waals surface area contributed by atoms with Crippen molar-refractivity contribution in [3.8, 4) is 5.75 Å². The van der Waals surface area contributed by atoms with Gasteiger partial charge in [-0.1, -0.05) is 0 Å². The van der Waals surface area contributed by atoms with Crippen molar-refractivity contribution in [2.24, 2.45) is 10.2 Å². The van der Waals surface area contributed by atoms with Crippen LogP contribution in [-0.2, 0) is 14.8 Å². The van der Waals surface area contributed by atoms with Crippen LogP contribution in [0.15, 0.2) is 51.2 Å². The highest BCUT2D eigenvalue weighted by atomic mass is 32.2. The first kappa shape index (κ1) is 16.2. The molecule has 1 N–H and O–H groups in total. The molecule has 132 valence electrons. The number of fused-ring (bicyclic) bond motifs is 2. The Morgan fingerprint density at radius 3 is 2.32 bits per heavy atom. The van der Waals surface area contributed by atoms with Crippen LogP contribution in [0.25, 0.3) is 0 Å². The van der Waals surface area contributed by atoms with Gasteiger partial charge in [-0.3, -0.25) is 4.79 Å². The van der Waals surface area contributed by atoms with E-state index in [9.17, 15) is 18.3 Å². The van der Waals surface area contributed by atoms with Gasteiger partial charge in [0.1, 0.15) is 5.75 Å². The molecule has 2 atom stereocenters. The number of phenolic OH excluding ortho intramolecular Hbond substituents is 1. The lowest BCUT2D eigenvalue weighted by Gasteiger charge is -2.40. The summed E-state index contributed by atoms with van der Waals surface area (Å²) >= 11 is 0. The number of hydrogen-bond donors (Lipinski definition) is 1. The molecule has 2 saturated heterocycles. The summed E-state index contributed by atoms with van der Waals surface area (Å²) in [6.07, 6.45) is 2.95. The fourth-order valence-electron chi connectivity index (χ4n) is 3.76. The van der Waals surface area contributed by atoms with E-state index in [1.807, 2.05) is 0 Å². The number of carbonyl (C=O) groups is 1. The number of phenols is 1. The number of sulfonamides is 1. The average molecular weight is 362 g/mol. The van der Waals surface area contributed by atoms with E-state index in [0.29, 0.717) is 25.2 Å². The molecular weight excluding hydrogens is 344 g/mol. The van der Waals surface area contributed by atoms with Crippen LogP contribution < -0.4 is 0 Å². The van der Waals surface area contributed by atoms with Crippen LogP contribution in [0.4, 0.5) is 0 Å². The number of azo groups is 1. The third-order valence-electron chi connectivity index (χ3n) is 4.93. The molecule has 8 nitrogen and oxygen atoms in total. The lowest BCUT2D eigenvalue weighted by Crippen LogP contribution is -2.57. The molecule has 3 aliphatic heterocycles. The number of nitrogens with zero attached hydrogens (tertiary/aromatic N) is 4. The minimum atomic E-state index is -3.65. The van der Waals surface area contributed by atoms with Gasteiger partial charge in [0.25, 0.3) is 5.91 Å². The first-order valence-electron chi connectivity index (χ1n) is 8.14. The maximum absolute atomic E-state index is 13.0. The van der Waals surface area contributed by atoms with Crippen LogP contribution in [0.2, 0.25) is 0 Å². The number of rotatable bonds is 3. The number of piperazine rings is 1. The number of hydrogen-bond acceptors (Lipinski definition) is 6. The summed E-state index contributed by atoms with van der Waals surface area (Å²) in [6.45, 7) is 1.05. The molecule has 0 radical (unpaired) electrons. The van der Waals surface area contributed by atoms with E-state index in [4.69, 9.17) is 0 Å². The summed E-state index contributed by atoms with van der Waals surface area (Å²) in [7, 11) is -3.65. The van der Waals surface area contributed by atoms with E-state index in [2.05, 4.69) is 10.2 Å². The molecule has 2 fully saturated rings. The summed E-state index contributed by atoms with van der Waals surface area (Å²) in [4.78, 5) is 14.4. The van der Waals surface area contributed by atoms with Crippen molar-refractivity contribution in [3.05, 3.63) is 36.0 Å². The van der Waals surface area contributed by atoms with E-state index < -0.39 is 10.0 Å². The monoisotopic (exact) mass is 362 g/mol. The molecule has 1 aromatic rings. The van der Waals surface area contributed by atoms with Gasteiger partial charge < -0.3 is 10.0 Å². The molecular formula is C16H18N4O4S. The summed E-state index contributed by atoms with van der Waals surface area (Å²) in [5.41, 5.74) is 0.550. The molecule has 4 rings (SSSR count). The van der Waals surface area contributed by atoms with Gasteiger partial charge in [-0.15, -0.1) is 0 Å². The molecule has 1 aromatic carbocycles. The van der Waals surface area contributed by atoms with E-state index in [1.54, 1.807) is 9.21 Å². The van der Waals surface area contributed by atoms with Crippen LogP contribution in [0.1, 0.15) is 12.8 Å². The predicted molar refractivity (Wildman–Crippen MR) is 88.3 cm³/mol. The molecule has 0 aliphatic carbocycles. The zero-order valence-corrected chi connectivity index (χ0v) is 14.3. The van der Waals surface area contributed by atoms with Gasteiger partial charge >= 0.3 is 0 Å². The molecule has 1 amide bonds. The average Bonchev–Trinajstić information content (AvgIpc) is 3.21. The van der Waals surface area contributed by atoms with Gasteiger partial charge in [-0.2, -0.15) is 14.5 Å². The fourth-order valence-corrected chi connectivity index (χ4v) is 5.61. The Morgan fingerprint density at radius 2 is 1.76 bits per heavy atom. The molecule has 9 heteroatoms. The maximum atomic E-state index is 13.0. The van der Waals surface area contributed by atoms with E-state index in [1.165, 1.54) is 30.5 Å². The molecule has 2 unspecified atom stereocenters. The molecule has 0 spiro atoms. The highest BCUT2D eigenvalue weighted by molar-refractivity contribution is 7.89. The van der Waals surface area contributed by atoms with Crippen molar-refractivity contribution < 1.29 is 18.3 Å². The second-order valence-corrected chi connectivity index (χ2v) is 8.34. The van der Waals surface area contributed by atoms with Crippen molar-refractivity contribution in [1.82, 2.24) is 9.21 Å². The van der Waals surface area contributed by atoms with Crippen molar-refractivity contribution >= 4 is 15.9 Å². The van der Waals surface area contributed by atoms with Crippen LogP contribution in [0.3, 0.4) is 0 Å². The van der Waals surface area contributed by atoms with Gasteiger partial charge in [0.15, 0.2) is 0 Å². The molecule has 0 aromatic heterocycles. The topological polar surface area (TPSA) is 103 Å². The zero-order chi connectivity index (χ0) is 17.6. The minimum absolute atomic E-state index is 0.0259. The van der Waals surface area contributed by atoms with Crippen LogP contribution >= 0.6 is 0 Å². The number of carbonyl (C=O) groups excluding carboxylic acids is 1. The SMILES string of the molecule is O=C(C1=CN=NC1)N1CC2CCC(C1)N2S(=O)(=O)c1ccc(O)cc1. The quantitative estimate of drug-likeness (QED) is 0.870. The van der Waals surface area contributed by atoms with Crippen LogP contribution in [-0.4, -0.2) is 60.4 Å². The first-order valence-corrected chi connectivity index (χ1v) is 9.58. The van der Waals surface area contributed by atoms with Crippen molar-refractivity contribution in [2.45, 2.75) is 29.8 Å². The third-order valence-corrected chi connectivity index (χ3v) is 6.94. The van der Waals surface area contributed by atoms with Gasteiger partial charge in [0.05, 0.1) is 23.2 Å². The van der Waals surface area contributed by atoms with Crippen LogP contribution in [0, 0.1) is 0 Å². The number of benzene rings is 1. The Balaban J connectivity index is 1.56. The second-order valence-electron chi connectivity index (χ2n) is 6.49. The Hall–Kier alpha value is -2.26. The number of amides is 1.